The van der Waals surface area contributed by atoms with Crippen molar-refractivity contribution in [2.24, 2.45) is 0 Å². The maximum absolute atomic E-state index is 11.5. The Morgan fingerprint density at radius 1 is 1.33 bits per heavy atom. The normalized spacial score (nSPS) is 12.6. The second-order valence-electron chi connectivity index (χ2n) is 3.12. The van der Waals surface area contributed by atoms with Gasteiger partial charge in [-0.3, -0.25) is 4.79 Å². The minimum Gasteiger partial charge on any atom is -0.371 e. The summed E-state index contributed by atoms with van der Waals surface area (Å²) in [6, 6.07) is 6.93. The van der Waals surface area contributed by atoms with Crippen molar-refractivity contribution in [3.05, 3.63) is 35.4 Å². The van der Waals surface area contributed by atoms with Crippen LogP contribution in [-0.2, 0) is 0 Å². The number of halogens is 2. The van der Waals surface area contributed by atoms with E-state index in [4.69, 9.17) is 23.2 Å². The summed E-state index contributed by atoms with van der Waals surface area (Å²) < 4.78 is 0. The Hall–Kier alpha value is -0.770. The number of rotatable bonds is 3. The van der Waals surface area contributed by atoms with Gasteiger partial charge in [0.05, 0.1) is 0 Å². The molecule has 1 aromatic carbocycles. The first kappa shape index (κ1) is 12.3. The van der Waals surface area contributed by atoms with Crippen LogP contribution in [0.25, 0.3) is 0 Å². The number of aliphatic hydroxyl groups excluding tert-OH is 1. The summed E-state index contributed by atoms with van der Waals surface area (Å²) in [6.07, 6.45) is -1.26. The van der Waals surface area contributed by atoms with Crippen molar-refractivity contribution in [2.75, 3.05) is 0 Å². The highest BCUT2D eigenvalue weighted by molar-refractivity contribution is 6.44. The number of amides is 1. The molecule has 2 N–H and O–H groups in total. The number of alkyl halides is 2. The van der Waals surface area contributed by atoms with Crippen LogP contribution in [0.4, 0.5) is 0 Å². The number of carbonyl (C=O) groups is 1. The molecule has 1 atom stereocenters. The van der Waals surface area contributed by atoms with E-state index in [2.05, 4.69) is 5.32 Å². The second kappa shape index (κ2) is 5.35. The summed E-state index contributed by atoms with van der Waals surface area (Å²) in [4.78, 5) is 10.4. The predicted molar refractivity (Wildman–Crippen MR) is 60.1 cm³/mol. The van der Waals surface area contributed by atoms with E-state index in [1.165, 1.54) is 0 Å². The molecule has 1 aromatic rings. The Labute approximate surface area is 98.0 Å². The third-order valence-electron chi connectivity index (χ3n) is 1.83. The van der Waals surface area contributed by atoms with Gasteiger partial charge in [-0.25, -0.2) is 0 Å². The van der Waals surface area contributed by atoms with Crippen LogP contribution in [-0.4, -0.2) is 22.1 Å². The number of hydrogen-bond acceptors (Lipinski definition) is 2. The molecule has 0 saturated carbocycles. The fourth-order valence-electron chi connectivity index (χ4n) is 0.986. The van der Waals surface area contributed by atoms with Gasteiger partial charge in [0.1, 0.15) is 0 Å². The SMILES string of the molecule is Cc1ccc(C(=O)N[C@H](O)C(Cl)Cl)cc1. The molecule has 0 aliphatic carbocycles. The molecular weight excluding hydrogens is 237 g/mol. The summed E-state index contributed by atoms with van der Waals surface area (Å²) in [7, 11) is 0. The summed E-state index contributed by atoms with van der Waals surface area (Å²) in [5, 5.41) is 11.5. The Kier molecular flexibility index (Phi) is 4.39. The van der Waals surface area contributed by atoms with E-state index in [1.807, 2.05) is 6.92 Å². The molecule has 0 aromatic heterocycles. The third-order valence-corrected chi connectivity index (χ3v) is 2.31. The topological polar surface area (TPSA) is 49.3 Å². The van der Waals surface area contributed by atoms with Crippen molar-refractivity contribution in [1.82, 2.24) is 5.32 Å². The van der Waals surface area contributed by atoms with Gasteiger partial charge < -0.3 is 10.4 Å². The van der Waals surface area contributed by atoms with Gasteiger partial charge in [0.25, 0.3) is 5.91 Å². The zero-order valence-corrected chi connectivity index (χ0v) is 9.59. The zero-order chi connectivity index (χ0) is 11.4. The molecule has 0 radical (unpaired) electrons. The van der Waals surface area contributed by atoms with Crippen LogP contribution in [0.2, 0.25) is 0 Å². The van der Waals surface area contributed by atoms with Crippen LogP contribution in [0.3, 0.4) is 0 Å². The number of carbonyl (C=O) groups excluding carboxylic acids is 1. The second-order valence-corrected chi connectivity index (χ2v) is 4.28. The van der Waals surface area contributed by atoms with Gasteiger partial charge in [0.2, 0.25) is 0 Å². The van der Waals surface area contributed by atoms with Crippen molar-refractivity contribution in [2.45, 2.75) is 18.0 Å². The van der Waals surface area contributed by atoms with Gasteiger partial charge >= 0.3 is 0 Å². The maximum atomic E-state index is 11.5. The highest BCUT2D eigenvalue weighted by Crippen LogP contribution is 2.07. The first-order valence-electron chi connectivity index (χ1n) is 4.34. The molecule has 1 amide bonds. The molecule has 0 bridgehead atoms. The molecule has 1 rings (SSSR count). The molecule has 0 spiro atoms. The molecule has 3 nitrogen and oxygen atoms in total. The molecule has 15 heavy (non-hydrogen) atoms. The van der Waals surface area contributed by atoms with Crippen molar-refractivity contribution >= 4 is 29.1 Å². The average Bonchev–Trinajstić information content (AvgIpc) is 2.18. The first-order valence-corrected chi connectivity index (χ1v) is 5.22. The van der Waals surface area contributed by atoms with Gasteiger partial charge in [0, 0.05) is 5.56 Å². The van der Waals surface area contributed by atoms with Gasteiger partial charge in [-0.2, -0.15) is 0 Å². The number of aliphatic hydroxyl groups is 1. The van der Waals surface area contributed by atoms with Crippen LogP contribution < -0.4 is 5.32 Å². The number of benzene rings is 1. The fourth-order valence-corrected chi connectivity index (χ4v) is 1.11. The molecular formula is C10H11Cl2NO2. The monoisotopic (exact) mass is 247 g/mol. The summed E-state index contributed by atoms with van der Waals surface area (Å²) in [6.45, 7) is 1.92. The predicted octanol–water partition coefficient (Wildman–Crippen LogP) is 1.85. The van der Waals surface area contributed by atoms with Crippen LogP contribution in [0, 0.1) is 6.92 Å². The first-order chi connectivity index (χ1) is 7.00. The smallest absolute Gasteiger partial charge is 0.253 e. The largest absolute Gasteiger partial charge is 0.371 e. The van der Waals surface area contributed by atoms with E-state index < -0.39 is 17.0 Å². The van der Waals surface area contributed by atoms with E-state index in [0.717, 1.165) is 5.56 Å². The molecule has 0 aliphatic heterocycles. The zero-order valence-electron chi connectivity index (χ0n) is 8.08. The van der Waals surface area contributed by atoms with Crippen molar-refractivity contribution in [3.8, 4) is 0 Å². The minimum atomic E-state index is -1.26. The number of aryl methyl sites for hydroxylation is 1. The summed E-state index contributed by atoms with van der Waals surface area (Å²) in [5.41, 5.74) is 1.51. The van der Waals surface area contributed by atoms with E-state index in [-0.39, 0.29) is 0 Å². The van der Waals surface area contributed by atoms with Gasteiger partial charge in [-0.05, 0) is 19.1 Å². The van der Waals surface area contributed by atoms with Gasteiger partial charge in [-0.1, -0.05) is 17.7 Å². The number of hydrogen-bond donors (Lipinski definition) is 2. The molecule has 5 heteroatoms. The lowest BCUT2D eigenvalue weighted by Crippen LogP contribution is -2.38. The van der Waals surface area contributed by atoms with Crippen molar-refractivity contribution in [3.63, 3.8) is 0 Å². The maximum Gasteiger partial charge on any atom is 0.253 e. The lowest BCUT2D eigenvalue weighted by Gasteiger charge is -2.13. The lowest BCUT2D eigenvalue weighted by atomic mass is 10.1. The Morgan fingerprint density at radius 3 is 2.33 bits per heavy atom. The van der Waals surface area contributed by atoms with E-state index in [0.29, 0.717) is 5.56 Å². The molecule has 0 fully saturated rings. The quantitative estimate of drug-likeness (QED) is 0.633. The van der Waals surface area contributed by atoms with Gasteiger partial charge in [-0.15, -0.1) is 23.2 Å². The molecule has 0 saturated heterocycles. The Bertz CT molecular complexity index is 338. The van der Waals surface area contributed by atoms with E-state index >= 15 is 0 Å². The van der Waals surface area contributed by atoms with E-state index in [9.17, 15) is 9.90 Å². The van der Waals surface area contributed by atoms with Gasteiger partial charge in [0.15, 0.2) is 11.1 Å². The van der Waals surface area contributed by atoms with Crippen molar-refractivity contribution in [1.29, 1.82) is 0 Å². The summed E-state index contributed by atoms with van der Waals surface area (Å²) >= 11 is 10.8. The third kappa shape index (κ3) is 3.70. The van der Waals surface area contributed by atoms with E-state index in [1.54, 1.807) is 24.3 Å². The van der Waals surface area contributed by atoms with Crippen molar-refractivity contribution < 1.29 is 9.90 Å². The molecule has 0 heterocycles. The minimum absolute atomic E-state index is 0.409. The summed E-state index contributed by atoms with van der Waals surface area (Å²) in [5.74, 6) is -0.409. The van der Waals surface area contributed by atoms with Crippen LogP contribution >= 0.6 is 23.2 Å². The highest BCUT2D eigenvalue weighted by Gasteiger charge is 2.16. The lowest BCUT2D eigenvalue weighted by molar-refractivity contribution is 0.0809. The van der Waals surface area contributed by atoms with Crippen LogP contribution in [0.5, 0.6) is 0 Å². The standard InChI is InChI=1S/C10H11Cl2NO2/c1-6-2-4-7(5-3-6)9(14)13-10(15)8(11)12/h2-5,8,10,15H,1H3,(H,13,14)/t10-/m1/s1. The fraction of sp³-hybridized carbons (Fsp3) is 0.300. The Balaban J connectivity index is 2.65. The molecule has 82 valence electrons. The number of nitrogens with one attached hydrogen (secondary N) is 1. The van der Waals surface area contributed by atoms with Crippen LogP contribution in [0.15, 0.2) is 24.3 Å². The Morgan fingerprint density at radius 2 is 1.87 bits per heavy atom. The molecule has 0 aliphatic rings. The average molecular weight is 248 g/mol. The highest BCUT2D eigenvalue weighted by atomic mass is 35.5. The van der Waals surface area contributed by atoms with Crippen LogP contribution in [0.1, 0.15) is 15.9 Å². The molecule has 0 unspecified atom stereocenters.